The third kappa shape index (κ3) is 2.48. The third-order valence-electron chi connectivity index (χ3n) is 4.88. The van der Waals surface area contributed by atoms with Gasteiger partial charge in [0.15, 0.2) is 23.0 Å². The van der Waals surface area contributed by atoms with Gasteiger partial charge in [0.1, 0.15) is 6.17 Å². The zero-order chi connectivity index (χ0) is 19.3. The Hall–Kier alpha value is -3.87. The zero-order valence-electron chi connectivity index (χ0n) is 14.6. The Kier molecular flexibility index (Phi) is 3.55. The van der Waals surface area contributed by atoms with Gasteiger partial charge in [0.2, 0.25) is 6.79 Å². The number of para-hydroxylation sites is 1. The minimum Gasteiger partial charge on any atom is -0.504 e. The fraction of sp³-hybridized carbons (Fsp3) is 0.0952. The number of phenolic OH excluding ortho intramolecular Hbond substituents is 2. The van der Waals surface area contributed by atoms with Crippen LogP contribution in [0.2, 0.25) is 0 Å². The highest BCUT2D eigenvalue weighted by molar-refractivity contribution is 6.12. The SMILES string of the molecule is O=C1c2ccccc2N[C@H](c2ccc(O)c(O)c2)N1c1ccc2c(c1)OCO2. The van der Waals surface area contributed by atoms with Crippen LogP contribution < -0.4 is 19.7 Å². The van der Waals surface area contributed by atoms with Crippen molar-refractivity contribution in [2.45, 2.75) is 6.17 Å². The molecule has 1 amide bonds. The lowest BCUT2D eigenvalue weighted by Crippen LogP contribution is -2.43. The molecule has 1 atom stereocenters. The van der Waals surface area contributed by atoms with E-state index in [4.69, 9.17) is 9.47 Å². The van der Waals surface area contributed by atoms with E-state index in [2.05, 4.69) is 5.32 Å². The molecule has 0 aliphatic carbocycles. The normalized spacial score (nSPS) is 17.2. The summed E-state index contributed by atoms with van der Waals surface area (Å²) in [6.45, 7) is 0.142. The van der Waals surface area contributed by atoms with Gasteiger partial charge in [0, 0.05) is 11.8 Å². The maximum atomic E-state index is 13.4. The predicted molar refractivity (Wildman–Crippen MR) is 102 cm³/mol. The molecule has 0 saturated carbocycles. The van der Waals surface area contributed by atoms with Gasteiger partial charge in [-0.15, -0.1) is 0 Å². The number of carbonyl (C=O) groups is 1. The van der Waals surface area contributed by atoms with E-state index in [0.29, 0.717) is 34.0 Å². The van der Waals surface area contributed by atoms with Crippen molar-refractivity contribution in [2.24, 2.45) is 0 Å². The Bertz CT molecular complexity index is 1100. The van der Waals surface area contributed by atoms with Crippen LogP contribution in [0, 0.1) is 0 Å². The molecule has 140 valence electrons. The molecule has 5 rings (SSSR count). The number of carbonyl (C=O) groups excluding carboxylic acids is 1. The first-order valence-corrected chi connectivity index (χ1v) is 8.72. The molecule has 2 aliphatic rings. The van der Waals surface area contributed by atoms with Crippen LogP contribution in [0.4, 0.5) is 11.4 Å². The minimum absolute atomic E-state index is 0.142. The number of nitrogens with one attached hydrogen (secondary N) is 1. The number of hydrogen-bond acceptors (Lipinski definition) is 6. The molecule has 0 radical (unpaired) electrons. The molecule has 2 aliphatic heterocycles. The Morgan fingerprint density at radius 2 is 1.75 bits per heavy atom. The number of phenols is 2. The van der Waals surface area contributed by atoms with Crippen LogP contribution in [0.15, 0.2) is 60.7 Å². The average Bonchev–Trinajstić information content (AvgIpc) is 3.18. The number of rotatable bonds is 2. The molecule has 0 aromatic heterocycles. The maximum absolute atomic E-state index is 13.4. The quantitative estimate of drug-likeness (QED) is 0.592. The summed E-state index contributed by atoms with van der Waals surface area (Å²) in [5.74, 6) is 0.528. The first kappa shape index (κ1) is 16.3. The summed E-state index contributed by atoms with van der Waals surface area (Å²) >= 11 is 0. The Balaban J connectivity index is 1.66. The topological polar surface area (TPSA) is 91.3 Å². The predicted octanol–water partition coefficient (Wildman–Crippen LogP) is 3.60. The van der Waals surface area contributed by atoms with Crippen molar-refractivity contribution in [3.8, 4) is 23.0 Å². The first-order chi connectivity index (χ1) is 13.6. The molecule has 7 heteroatoms. The van der Waals surface area contributed by atoms with Crippen LogP contribution in [0.25, 0.3) is 0 Å². The van der Waals surface area contributed by atoms with Crippen molar-refractivity contribution < 1.29 is 24.5 Å². The standard InChI is InChI=1S/C21H16N2O5/c24-16-7-5-12(9-17(16)25)20-22-15-4-2-1-3-14(15)21(26)23(20)13-6-8-18-19(10-13)28-11-27-18/h1-10,20,22,24-25H,11H2/t20-/m0/s1. The monoisotopic (exact) mass is 376 g/mol. The van der Waals surface area contributed by atoms with E-state index < -0.39 is 6.17 Å². The fourth-order valence-corrected chi connectivity index (χ4v) is 3.50. The lowest BCUT2D eigenvalue weighted by Gasteiger charge is -2.38. The van der Waals surface area contributed by atoms with Crippen LogP contribution in [0.5, 0.6) is 23.0 Å². The molecule has 3 aromatic carbocycles. The summed E-state index contributed by atoms with van der Waals surface area (Å²) in [6, 6.07) is 17.0. The van der Waals surface area contributed by atoms with E-state index in [1.54, 1.807) is 35.2 Å². The average molecular weight is 376 g/mol. The summed E-state index contributed by atoms with van der Waals surface area (Å²) in [6.07, 6.45) is -0.589. The van der Waals surface area contributed by atoms with Crippen LogP contribution in [-0.4, -0.2) is 22.9 Å². The molecule has 0 spiro atoms. The molecular weight excluding hydrogens is 360 g/mol. The second-order valence-corrected chi connectivity index (χ2v) is 6.55. The molecule has 0 saturated heterocycles. The van der Waals surface area contributed by atoms with Crippen molar-refractivity contribution in [1.29, 1.82) is 0 Å². The zero-order valence-corrected chi connectivity index (χ0v) is 14.6. The Morgan fingerprint density at radius 1 is 0.929 bits per heavy atom. The lowest BCUT2D eigenvalue weighted by molar-refractivity contribution is 0.0975. The number of fused-ring (bicyclic) bond motifs is 2. The molecule has 0 fully saturated rings. The largest absolute Gasteiger partial charge is 0.504 e. The Morgan fingerprint density at radius 3 is 2.61 bits per heavy atom. The van der Waals surface area contributed by atoms with Gasteiger partial charge in [-0.2, -0.15) is 0 Å². The summed E-state index contributed by atoms with van der Waals surface area (Å²) in [5.41, 5.74) is 2.48. The van der Waals surface area contributed by atoms with Crippen LogP contribution in [0.3, 0.4) is 0 Å². The highest BCUT2D eigenvalue weighted by Gasteiger charge is 2.35. The molecule has 0 unspecified atom stereocenters. The van der Waals surface area contributed by atoms with E-state index in [9.17, 15) is 15.0 Å². The van der Waals surface area contributed by atoms with E-state index in [1.165, 1.54) is 12.1 Å². The number of amides is 1. The van der Waals surface area contributed by atoms with Gasteiger partial charge >= 0.3 is 0 Å². The second kappa shape index (κ2) is 6.09. The van der Waals surface area contributed by atoms with Gasteiger partial charge in [-0.25, -0.2) is 0 Å². The van der Waals surface area contributed by atoms with Gasteiger partial charge in [0.25, 0.3) is 5.91 Å². The lowest BCUT2D eigenvalue weighted by atomic mass is 10.0. The number of anilines is 2. The fourth-order valence-electron chi connectivity index (χ4n) is 3.50. The number of hydrogen-bond donors (Lipinski definition) is 3. The highest BCUT2D eigenvalue weighted by Crippen LogP contribution is 2.42. The molecule has 2 heterocycles. The van der Waals surface area contributed by atoms with Crippen molar-refractivity contribution in [3.05, 3.63) is 71.8 Å². The number of nitrogens with zero attached hydrogens (tertiary/aromatic N) is 1. The van der Waals surface area contributed by atoms with Gasteiger partial charge in [-0.1, -0.05) is 18.2 Å². The summed E-state index contributed by atoms with van der Waals surface area (Å²) in [4.78, 5) is 14.9. The van der Waals surface area contributed by atoms with Crippen molar-refractivity contribution in [3.63, 3.8) is 0 Å². The molecule has 3 aromatic rings. The van der Waals surface area contributed by atoms with E-state index in [-0.39, 0.29) is 24.2 Å². The van der Waals surface area contributed by atoms with Crippen LogP contribution >= 0.6 is 0 Å². The summed E-state index contributed by atoms with van der Waals surface area (Å²) in [7, 11) is 0. The molecule has 3 N–H and O–H groups in total. The van der Waals surface area contributed by atoms with Crippen molar-refractivity contribution in [2.75, 3.05) is 17.0 Å². The molecular formula is C21H16N2O5. The first-order valence-electron chi connectivity index (χ1n) is 8.72. The summed E-state index contributed by atoms with van der Waals surface area (Å²) in [5, 5.41) is 23.0. The second-order valence-electron chi connectivity index (χ2n) is 6.55. The van der Waals surface area contributed by atoms with Crippen LogP contribution in [0.1, 0.15) is 22.1 Å². The van der Waals surface area contributed by atoms with E-state index in [0.717, 1.165) is 0 Å². The number of ether oxygens (including phenoxy) is 2. The number of benzene rings is 3. The third-order valence-corrected chi connectivity index (χ3v) is 4.88. The van der Waals surface area contributed by atoms with E-state index >= 15 is 0 Å². The molecule has 7 nitrogen and oxygen atoms in total. The van der Waals surface area contributed by atoms with E-state index in [1.807, 2.05) is 18.2 Å². The number of aromatic hydroxyl groups is 2. The van der Waals surface area contributed by atoms with Crippen molar-refractivity contribution in [1.82, 2.24) is 0 Å². The molecule has 28 heavy (non-hydrogen) atoms. The summed E-state index contributed by atoms with van der Waals surface area (Å²) < 4.78 is 10.8. The van der Waals surface area contributed by atoms with Gasteiger partial charge in [0.05, 0.1) is 11.3 Å². The van der Waals surface area contributed by atoms with Crippen LogP contribution in [-0.2, 0) is 0 Å². The van der Waals surface area contributed by atoms with Crippen molar-refractivity contribution >= 4 is 17.3 Å². The smallest absolute Gasteiger partial charge is 0.262 e. The minimum atomic E-state index is -0.589. The molecule has 0 bridgehead atoms. The maximum Gasteiger partial charge on any atom is 0.262 e. The Labute approximate surface area is 160 Å². The van der Waals surface area contributed by atoms with Gasteiger partial charge in [-0.05, 0) is 42.0 Å². The van der Waals surface area contributed by atoms with Gasteiger partial charge in [-0.3, -0.25) is 9.69 Å². The van der Waals surface area contributed by atoms with Gasteiger partial charge < -0.3 is 25.0 Å². The highest BCUT2D eigenvalue weighted by atomic mass is 16.7.